The first-order valence-electron chi connectivity index (χ1n) is 5.56. The molecule has 0 saturated heterocycles. The lowest BCUT2D eigenvalue weighted by molar-refractivity contribution is 0.0779. The van der Waals surface area contributed by atoms with E-state index in [9.17, 15) is 4.79 Å². The quantitative estimate of drug-likeness (QED) is 0.783. The molecule has 1 aromatic carbocycles. The van der Waals surface area contributed by atoms with Crippen LogP contribution in [0.3, 0.4) is 0 Å². The minimum atomic E-state index is 0.0468. The number of hydrogen-bond donors (Lipinski definition) is 0. The molecule has 0 radical (unpaired) electrons. The van der Waals surface area contributed by atoms with Crippen LogP contribution in [-0.4, -0.2) is 38.1 Å². The van der Waals surface area contributed by atoms with E-state index in [1.807, 2.05) is 32.2 Å². The molecular formula is C13H18BrNO2. The Morgan fingerprint density at radius 3 is 2.71 bits per heavy atom. The zero-order chi connectivity index (χ0) is 12.8. The minimum absolute atomic E-state index is 0.0468. The molecule has 0 atom stereocenters. The molecule has 0 spiro atoms. The SMILES string of the molecule is COCCCN(C)C(=O)c1cc(C)cc(Br)c1. The largest absolute Gasteiger partial charge is 0.385 e. The molecule has 0 bridgehead atoms. The molecule has 0 unspecified atom stereocenters. The average molecular weight is 300 g/mol. The number of amides is 1. The Labute approximate surface area is 111 Å². The summed E-state index contributed by atoms with van der Waals surface area (Å²) in [6.07, 6.45) is 0.853. The van der Waals surface area contributed by atoms with Gasteiger partial charge in [0.25, 0.3) is 5.91 Å². The van der Waals surface area contributed by atoms with Crippen molar-refractivity contribution < 1.29 is 9.53 Å². The van der Waals surface area contributed by atoms with Crippen molar-refractivity contribution in [2.75, 3.05) is 27.3 Å². The summed E-state index contributed by atoms with van der Waals surface area (Å²) in [4.78, 5) is 13.8. The van der Waals surface area contributed by atoms with E-state index >= 15 is 0 Å². The zero-order valence-electron chi connectivity index (χ0n) is 10.5. The number of benzene rings is 1. The van der Waals surface area contributed by atoms with Crippen molar-refractivity contribution in [3.63, 3.8) is 0 Å². The number of methoxy groups -OCH3 is 1. The van der Waals surface area contributed by atoms with E-state index in [1.165, 1.54) is 0 Å². The molecule has 0 saturated carbocycles. The lowest BCUT2D eigenvalue weighted by Gasteiger charge is -2.17. The van der Waals surface area contributed by atoms with Gasteiger partial charge in [0.15, 0.2) is 0 Å². The maximum Gasteiger partial charge on any atom is 0.253 e. The Morgan fingerprint density at radius 1 is 1.41 bits per heavy atom. The summed E-state index contributed by atoms with van der Waals surface area (Å²) >= 11 is 3.40. The predicted octanol–water partition coefficient (Wildman–Crippen LogP) is 2.87. The van der Waals surface area contributed by atoms with Crippen molar-refractivity contribution in [1.82, 2.24) is 4.90 Å². The van der Waals surface area contributed by atoms with E-state index < -0.39 is 0 Å². The van der Waals surface area contributed by atoms with Gasteiger partial charge in [-0.1, -0.05) is 15.9 Å². The molecule has 0 aliphatic rings. The van der Waals surface area contributed by atoms with Crippen molar-refractivity contribution in [3.8, 4) is 0 Å². The Kier molecular flexibility index (Phi) is 5.65. The Bertz CT molecular complexity index is 373. The van der Waals surface area contributed by atoms with Crippen LogP contribution in [0.1, 0.15) is 22.3 Å². The van der Waals surface area contributed by atoms with Gasteiger partial charge in [0.05, 0.1) is 0 Å². The Morgan fingerprint density at radius 2 is 2.12 bits per heavy atom. The van der Waals surface area contributed by atoms with Gasteiger partial charge in [-0.15, -0.1) is 0 Å². The summed E-state index contributed by atoms with van der Waals surface area (Å²) < 4.78 is 5.91. The molecule has 4 heteroatoms. The maximum atomic E-state index is 12.1. The molecule has 0 heterocycles. The number of rotatable bonds is 5. The van der Waals surface area contributed by atoms with Crippen LogP contribution in [-0.2, 0) is 4.74 Å². The van der Waals surface area contributed by atoms with Crippen LogP contribution in [0, 0.1) is 6.92 Å². The van der Waals surface area contributed by atoms with Crippen molar-refractivity contribution in [3.05, 3.63) is 33.8 Å². The van der Waals surface area contributed by atoms with Gasteiger partial charge in [-0.2, -0.15) is 0 Å². The van der Waals surface area contributed by atoms with Gasteiger partial charge in [0.2, 0.25) is 0 Å². The van der Waals surface area contributed by atoms with Gasteiger partial charge in [0, 0.05) is 37.3 Å². The molecule has 1 rings (SSSR count). The van der Waals surface area contributed by atoms with E-state index in [4.69, 9.17) is 4.74 Å². The Balaban J connectivity index is 2.68. The number of aryl methyl sites for hydroxylation is 1. The molecule has 0 aromatic heterocycles. The molecule has 17 heavy (non-hydrogen) atoms. The standard InChI is InChI=1S/C13H18BrNO2/c1-10-7-11(9-12(14)8-10)13(16)15(2)5-4-6-17-3/h7-9H,4-6H2,1-3H3. The molecule has 0 aliphatic carbocycles. The van der Waals surface area contributed by atoms with Crippen LogP contribution >= 0.6 is 15.9 Å². The van der Waals surface area contributed by atoms with Crippen LogP contribution < -0.4 is 0 Å². The average Bonchev–Trinajstić information content (AvgIpc) is 2.27. The monoisotopic (exact) mass is 299 g/mol. The molecular weight excluding hydrogens is 282 g/mol. The highest BCUT2D eigenvalue weighted by molar-refractivity contribution is 9.10. The summed E-state index contributed by atoms with van der Waals surface area (Å²) in [7, 11) is 3.48. The Hall–Kier alpha value is -0.870. The second-order valence-electron chi connectivity index (χ2n) is 4.09. The summed E-state index contributed by atoms with van der Waals surface area (Å²) in [6.45, 7) is 3.36. The number of nitrogens with zero attached hydrogens (tertiary/aromatic N) is 1. The number of ether oxygens (including phenoxy) is 1. The highest BCUT2D eigenvalue weighted by Gasteiger charge is 2.12. The predicted molar refractivity (Wildman–Crippen MR) is 72.3 cm³/mol. The molecule has 0 N–H and O–H groups in total. The first kappa shape index (κ1) is 14.2. The smallest absolute Gasteiger partial charge is 0.253 e. The lowest BCUT2D eigenvalue weighted by Crippen LogP contribution is -2.28. The highest BCUT2D eigenvalue weighted by atomic mass is 79.9. The van der Waals surface area contributed by atoms with Gasteiger partial charge >= 0.3 is 0 Å². The molecule has 1 aromatic rings. The summed E-state index contributed by atoms with van der Waals surface area (Å²) in [5, 5.41) is 0. The number of hydrogen-bond acceptors (Lipinski definition) is 2. The first-order chi connectivity index (χ1) is 8.04. The molecule has 1 amide bonds. The topological polar surface area (TPSA) is 29.5 Å². The third-order valence-corrected chi connectivity index (χ3v) is 2.94. The van der Waals surface area contributed by atoms with Gasteiger partial charge in [-0.3, -0.25) is 4.79 Å². The first-order valence-corrected chi connectivity index (χ1v) is 6.35. The van der Waals surface area contributed by atoms with E-state index in [0.717, 1.165) is 22.0 Å². The van der Waals surface area contributed by atoms with Gasteiger partial charge < -0.3 is 9.64 Å². The maximum absolute atomic E-state index is 12.1. The van der Waals surface area contributed by atoms with Crippen molar-refractivity contribution in [2.45, 2.75) is 13.3 Å². The lowest BCUT2D eigenvalue weighted by atomic mass is 10.1. The van der Waals surface area contributed by atoms with Crippen molar-refractivity contribution in [1.29, 1.82) is 0 Å². The molecule has 3 nitrogen and oxygen atoms in total. The fourth-order valence-corrected chi connectivity index (χ4v) is 2.24. The number of carbonyl (C=O) groups excluding carboxylic acids is 1. The third kappa shape index (κ3) is 4.48. The van der Waals surface area contributed by atoms with Crippen molar-refractivity contribution in [2.24, 2.45) is 0 Å². The van der Waals surface area contributed by atoms with Gasteiger partial charge in [0.1, 0.15) is 0 Å². The van der Waals surface area contributed by atoms with E-state index in [2.05, 4.69) is 15.9 Å². The fraction of sp³-hybridized carbons (Fsp3) is 0.462. The number of halogens is 1. The van der Waals surface area contributed by atoms with Crippen LogP contribution in [0.4, 0.5) is 0 Å². The van der Waals surface area contributed by atoms with E-state index in [1.54, 1.807) is 12.0 Å². The molecule has 0 aliphatic heterocycles. The second-order valence-corrected chi connectivity index (χ2v) is 5.01. The van der Waals surface area contributed by atoms with E-state index in [-0.39, 0.29) is 5.91 Å². The highest BCUT2D eigenvalue weighted by Crippen LogP contribution is 2.16. The van der Waals surface area contributed by atoms with Crippen LogP contribution in [0.2, 0.25) is 0 Å². The summed E-state index contributed by atoms with van der Waals surface area (Å²) in [5.41, 5.74) is 1.80. The van der Waals surface area contributed by atoms with Crippen LogP contribution in [0.15, 0.2) is 22.7 Å². The third-order valence-electron chi connectivity index (χ3n) is 2.48. The normalized spacial score (nSPS) is 10.4. The van der Waals surface area contributed by atoms with Gasteiger partial charge in [-0.25, -0.2) is 0 Å². The van der Waals surface area contributed by atoms with E-state index in [0.29, 0.717) is 13.2 Å². The molecule has 0 fully saturated rings. The van der Waals surface area contributed by atoms with Crippen LogP contribution in [0.25, 0.3) is 0 Å². The number of carbonyl (C=O) groups is 1. The summed E-state index contributed by atoms with van der Waals surface area (Å²) in [6, 6.07) is 5.74. The van der Waals surface area contributed by atoms with Crippen LogP contribution in [0.5, 0.6) is 0 Å². The minimum Gasteiger partial charge on any atom is -0.385 e. The van der Waals surface area contributed by atoms with Gasteiger partial charge in [-0.05, 0) is 37.1 Å². The second kappa shape index (κ2) is 6.77. The fourth-order valence-electron chi connectivity index (χ4n) is 1.63. The van der Waals surface area contributed by atoms with Crippen molar-refractivity contribution >= 4 is 21.8 Å². The molecule has 94 valence electrons. The zero-order valence-corrected chi connectivity index (χ0v) is 12.1. The summed E-state index contributed by atoms with van der Waals surface area (Å²) in [5.74, 6) is 0.0468.